The predicted octanol–water partition coefficient (Wildman–Crippen LogP) is 4.51. The molecule has 2 aromatic rings. The van der Waals surface area contributed by atoms with Crippen molar-refractivity contribution < 1.29 is 13.2 Å². The minimum atomic E-state index is -3.08. The van der Waals surface area contributed by atoms with Gasteiger partial charge in [-0.25, -0.2) is 8.42 Å². The van der Waals surface area contributed by atoms with Crippen molar-refractivity contribution in [3.63, 3.8) is 0 Å². The summed E-state index contributed by atoms with van der Waals surface area (Å²) in [6.45, 7) is 2.24. The van der Waals surface area contributed by atoms with Gasteiger partial charge in [0.05, 0.1) is 21.6 Å². The highest BCUT2D eigenvalue weighted by molar-refractivity contribution is 7.91. The molecule has 0 spiro atoms. The van der Waals surface area contributed by atoms with Crippen LogP contribution in [0.3, 0.4) is 0 Å². The first-order chi connectivity index (χ1) is 11.2. The van der Waals surface area contributed by atoms with E-state index in [2.05, 4.69) is 0 Å². The molecule has 1 aromatic carbocycles. The van der Waals surface area contributed by atoms with Crippen molar-refractivity contribution in [2.75, 3.05) is 18.1 Å². The smallest absolute Gasteiger partial charge is 0.265 e. The van der Waals surface area contributed by atoms with Crippen molar-refractivity contribution in [1.82, 2.24) is 4.90 Å². The summed E-state index contributed by atoms with van der Waals surface area (Å²) in [5.41, 5.74) is 0. The summed E-state index contributed by atoms with van der Waals surface area (Å²) >= 11 is 19.8. The fraction of sp³-hybridized carbons (Fsp3) is 0.400. The van der Waals surface area contributed by atoms with E-state index in [4.69, 9.17) is 34.8 Å². The lowest BCUT2D eigenvalue weighted by atomic mass is 10.2. The van der Waals surface area contributed by atoms with E-state index < -0.39 is 9.84 Å². The van der Waals surface area contributed by atoms with Crippen molar-refractivity contribution in [2.45, 2.75) is 19.4 Å². The molecule has 1 saturated heterocycles. The standard InChI is InChI=1S/C15H14Cl3NO3S2/c1-2-19(9-3-4-24(21,22)7-9)15(20)14-13(18)12-10(17)5-8(16)6-11(12)23-14/h5-6,9H,2-4,7H2,1H3. The van der Waals surface area contributed by atoms with E-state index in [0.29, 0.717) is 38.3 Å². The number of amides is 1. The van der Waals surface area contributed by atoms with Crippen LogP contribution < -0.4 is 0 Å². The molecule has 3 rings (SSSR count). The van der Waals surface area contributed by atoms with E-state index in [1.807, 2.05) is 6.92 Å². The molecule has 0 bridgehead atoms. The summed E-state index contributed by atoms with van der Waals surface area (Å²) in [6.07, 6.45) is 0.455. The fourth-order valence-electron chi connectivity index (χ4n) is 2.97. The Morgan fingerprint density at radius 3 is 2.62 bits per heavy atom. The normalized spacial score (nSPS) is 19.8. The van der Waals surface area contributed by atoms with Gasteiger partial charge in [-0.1, -0.05) is 34.8 Å². The summed E-state index contributed by atoms with van der Waals surface area (Å²) in [5, 5.41) is 1.76. The highest BCUT2D eigenvalue weighted by atomic mass is 35.5. The van der Waals surface area contributed by atoms with Gasteiger partial charge in [0.1, 0.15) is 4.88 Å². The van der Waals surface area contributed by atoms with Crippen LogP contribution in [0.4, 0.5) is 0 Å². The summed E-state index contributed by atoms with van der Waals surface area (Å²) in [6, 6.07) is 2.99. The second-order valence-corrected chi connectivity index (χ2v) is 10.2. The molecule has 1 atom stereocenters. The van der Waals surface area contributed by atoms with Gasteiger partial charge in [0.25, 0.3) is 5.91 Å². The third-order valence-electron chi connectivity index (χ3n) is 4.09. The second-order valence-electron chi connectivity index (χ2n) is 5.65. The van der Waals surface area contributed by atoms with Crippen molar-refractivity contribution in [3.8, 4) is 0 Å². The van der Waals surface area contributed by atoms with Crippen LogP contribution in [0.2, 0.25) is 15.1 Å². The largest absolute Gasteiger partial charge is 0.334 e. The second kappa shape index (κ2) is 6.65. The van der Waals surface area contributed by atoms with Crippen molar-refractivity contribution >= 4 is 72.0 Å². The number of carbonyl (C=O) groups is 1. The lowest BCUT2D eigenvalue weighted by molar-refractivity contribution is 0.0713. The Hall–Kier alpha value is -0.530. The van der Waals surface area contributed by atoms with Crippen LogP contribution in [0.25, 0.3) is 10.1 Å². The summed E-state index contributed by atoms with van der Waals surface area (Å²) in [5.74, 6) is -0.150. The third kappa shape index (κ3) is 3.27. The zero-order chi connectivity index (χ0) is 17.6. The van der Waals surface area contributed by atoms with Gasteiger partial charge < -0.3 is 4.90 Å². The monoisotopic (exact) mass is 425 g/mol. The lowest BCUT2D eigenvalue weighted by Crippen LogP contribution is -2.40. The Morgan fingerprint density at radius 1 is 1.33 bits per heavy atom. The van der Waals surface area contributed by atoms with E-state index in [1.165, 1.54) is 11.3 Å². The van der Waals surface area contributed by atoms with Crippen molar-refractivity contribution in [1.29, 1.82) is 0 Å². The molecule has 0 aliphatic carbocycles. The molecule has 130 valence electrons. The molecule has 1 fully saturated rings. The number of rotatable bonds is 3. The lowest BCUT2D eigenvalue weighted by Gasteiger charge is -2.26. The van der Waals surface area contributed by atoms with Crippen LogP contribution in [-0.4, -0.2) is 43.3 Å². The first kappa shape index (κ1) is 18.3. The van der Waals surface area contributed by atoms with Gasteiger partial charge in [-0.05, 0) is 25.5 Å². The van der Waals surface area contributed by atoms with Crippen molar-refractivity contribution in [3.05, 3.63) is 32.1 Å². The van der Waals surface area contributed by atoms with Crippen LogP contribution in [0.1, 0.15) is 23.0 Å². The predicted molar refractivity (Wildman–Crippen MR) is 101 cm³/mol. The number of nitrogens with zero attached hydrogens (tertiary/aromatic N) is 1. The molecule has 24 heavy (non-hydrogen) atoms. The molecule has 0 saturated carbocycles. The number of halogens is 3. The number of sulfone groups is 1. The molecule has 4 nitrogen and oxygen atoms in total. The van der Waals surface area contributed by atoms with Crippen LogP contribution in [0.5, 0.6) is 0 Å². The van der Waals surface area contributed by atoms with E-state index in [0.717, 1.165) is 4.70 Å². The highest BCUT2D eigenvalue weighted by Gasteiger charge is 2.35. The third-order valence-corrected chi connectivity index (χ3v) is 7.98. The molecular weight excluding hydrogens is 413 g/mol. The Bertz CT molecular complexity index is 924. The van der Waals surface area contributed by atoms with Crippen LogP contribution in [-0.2, 0) is 9.84 Å². The zero-order valence-corrected chi connectivity index (χ0v) is 16.6. The van der Waals surface area contributed by atoms with Gasteiger partial charge in [0.2, 0.25) is 0 Å². The molecular formula is C15H14Cl3NO3S2. The Labute approximate surface area is 159 Å². The zero-order valence-electron chi connectivity index (χ0n) is 12.7. The van der Waals surface area contributed by atoms with Gasteiger partial charge in [-0.3, -0.25) is 4.79 Å². The molecule has 0 radical (unpaired) electrons. The number of hydrogen-bond acceptors (Lipinski definition) is 4. The SMILES string of the molecule is CCN(C(=O)c1sc2cc(Cl)cc(Cl)c2c1Cl)C1CCS(=O)(=O)C1. The van der Waals surface area contributed by atoms with Gasteiger partial charge in [0, 0.05) is 27.7 Å². The van der Waals surface area contributed by atoms with E-state index in [9.17, 15) is 13.2 Å². The highest BCUT2D eigenvalue weighted by Crippen LogP contribution is 2.42. The Morgan fingerprint density at radius 2 is 2.04 bits per heavy atom. The maximum atomic E-state index is 12.9. The van der Waals surface area contributed by atoms with Gasteiger partial charge in [-0.15, -0.1) is 11.3 Å². The van der Waals surface area contributed by atoms with Crippen LogP contribution in [0.15, 0.2) is 12.1 Å². The quantitative estimate of drug-likeness (QED) is 0.725. The van der Waals surface area contributed by atoms with E-state index >= 15 is 0 Å². The number of fused-ring (bicyclic) bond motifs is 1. The number of benzene rings is 1. The minimum Gasteiger partial charge on any atom is -0.334 e. The number of carbonyl (C=O) groups excluding carboxylic acids is 1. The van der Waals surface area contributed by atoms with Crippen molar-refractivity contribution in [2.24, 2.45) is 0 Å². The number of thiophene rings is 1. The van der Waals surface area contributed by atoms with Gasteiger partial charge in [-0.2, -0.15) is 0 Å². The first-order valence-corrected chi connectivity index (χ1v) is 11.1. The summed E-state index contributed by atoms with van der Waals surface area (Å²) < 4.78 is 24.2. The van der Waals surface area contributed by atoms with E-state index in [1.54, 1.807) is 17.0 Å². The Kier molecular flexibility index (Phi) is 5.06. The van der Waals surface area contributed by atoms with E-state index in [-0.39, 0.29) is 23.5 Å². The first-order valence-electron chi connectivity index (χ1n) is 7.32. The molecule has 2 heterocycles. The molecule has 1 aliphatic rings. The Balaban J connectivity index is 2.01. The van der Waals surface area contributed by atoms with Gasteiger partial charge >= 0.3 is 0 Å². The van der Waals surface area contributed by atoms with Gasteiger partial charge in [0.15, 0.2) is 9.84 Å². The average Bonchev–Trinajstić information content (AvgIpc) is 3.00. The topological polar surface area (TPSA) is 54.5 Å². The minimum absolute atomic E-state index is 0.00167. The molecule has 1 unspecified atom stereocenters. The van der Waals surface area contributed by atoms with Crippen LogP contribution in [0, 0.1) is 0 Å². The van der Waals surface area contributed by atoms with Crippen LogP contribution >= 0.6 is 46.1 Å². The number of hydrogen-bond donors (Lipinski definition) is 0. The maximum absolute atomic E-state index is 12.9. The summed E-state index contributed by atoms with van der Waals surface area (Å²) in [4.78, 5) is 14.9. The average molecular weight is 427 g/mol. The molecule has 0 N–H and O–H groups in total. The molecule has 1 amide bonds. The summed E-state index contributed by atoms with van der Waals surface area (Å²) in [7, 11) is -3.08. The fourth-order valence-corrected chi connectivity index (χ4v) is 7.03. The molecule has 9 heteroatoms. The molecule has 1 aliphatic heterocycles. The molecule has 1 aromatic heterocycles. The maximum Gasteiger partial charge on any atom is 0.265 e.